The van der Waals surface area contributed by atoms with Crippen molar-refractivity contribution in [1.29, 1.82) is 0 Å². The minimum atomic E-state index is 0.289. The van der Waals surface area contributed by atoms with Crippen LogP contribution in [0.2, 0.25) is 0 Å². The third-order valence-electron chi connectivity index (χ3n) is 11.5. The first kappa shape index (κ1) is 67.1. The molecule has 0 aliphatic rings. The highest BCUT2D eigenvalue weighted by molar-refractivity contribution is 4.54. The molecule has 23 heteroatoms. The largest absolute Gasteiger partial charge is 0.330 e. The summed E-state index contributed by atoms with van der Waals surface area (Å²) < 4.78 is 0. The molecule has 0 aliphatic heterocycles. The molecule has 0 rings (SSSR count). The average Bonchev–Trinajstić information content (AvgIpc) is 3.35. The predicted molar refractivity (Wildman–Crippen MR) is 238 cm³/mol. The molecule has 0 unspecified atom stereocenters. The lowest BCUT2D eigenvalue weighted by Gasteiger charge is -2.05. The molecule has 0 aliphatic carbocycles. The van der Waals surface area contributed by atoms with E-state index in [4.69, 9.17) is 15.9 Å². The van der Waals surface area contributed by atoms with Crippen LogP contribution in [0.5, 0.6) is 0 Å². The van der Waals surface area contributed by atoms with Gasteiger partial charge in [-0.05, 0) is 100.0 Å². The fourth-order valence-electron chi connectivity index (χ4n) is 7.81. The fourth-order valence-corrected chi connectivity index (χ4v) is 7.81. The minimum absolute atomic E-state index is 0.289. The van der Waals surface area contributed by atoms with Crippen molar-refractivity contribution >= 4 is 0 Å². The van der Waals surface area contributed by atoms with Crippen molar-refractivity contribution in [3.8, 4) is 0 Å². The van der Waals surface area contributed by atoms with Gasteiger partial charge in [0.15, 0.2) is 0 Å². The van der Waals surface area contributed by atoms with Crippen LogP contribution in [0, 0.1) is 0 Å². The van der Waals surface area contributed by atoms with Crippen LogP contribution in [0.15, 0.2) is 0 Å². The molecule has 0 amide bonds. The van der Waals surface area contributed by atoms with Gasteiger partial charge in [-0.25, -0.2) is 10.1 Å². The summed E-state index contributed by atoms with van der Waals surface area (Å²) in [7, 11) is 0. The maximum Gasteiger partial charge on any atom is 0.0855 e. The van der Waals surface area contributed by atoms with Crippen molar-refractivity contribution in [1.82, 2.24) is 0 Å². The topological polar surface area (TPSA) is 240 Å². The number of hydrogen-bond acceptors (Lipinski definition) is 23. The van der Waals surface area contributed by atoms with E-state index in [1.807, 2.05) is 0 Å². The monoisotopic (exact) mass is 1000 g/mol. The smallest absolute Gasteiger partial charge is 0.0855 e. The Kier molecular flexibility index (Phi) is 65.2. The summed E-state index contributed by atoms with van der Waals surface area (Å²) in [6, 6.07) is 0. The van der Waals surface area contributed by atoms with Gasteiger partial charge < -0.3 is 5.73 Å². The van der Waals surface area contributed by atoms with Crippen molar-refractivity contribution in [3.05, 3.63) is 0 Å². The molecule has 0 spiro atoms. The van der Waals surface area contributed by atoms with Gasteiger partial charge in [0.25, 0.3) is 0 Å². The lowest BCUT2D eigenvalue weighted by molar-refractivity contribution is -0.897. The van der Waals surface area contributed by atoms with E-state index in [9.17, 15) is 0 Å². The molecule has 68 heavy (non-hydrogen) atoms. The first-order valence-electron chi connectivity index (χ1n) is 26.2. The highest BCUT2D eigenvalue weighted by Gasteiger charge is 2.03. The third kappa shape index (κ3) is 65.1. The normalized spacial score (nSPS) is 11.7. The second kappa shape index (κ2) is 66.1. The molecule has 0 atom stereocenters. The Morgan fingerprint density at radius 1 is 0.176 bits per heavy atom. The van der Waals surface area contributed by atoms with Crippen LogP contribution >= 0.6 is 0 Å². The molecular formula is C45H93NO22. The highest BCUT2D eigenvalue weighted by atomic mass is 18.0. The van der Waals surface area contributed by atoms with Gasteiger partial charge in [0.05, 0.1) is 6.61 Å². The van der Waals surface area contributed by atoms with E-state index in [0.717, 1.165) is 25.8 Å². The molecule has 0 aromatic heterocycles. The van der Waals surface area contributed by atoms with Crippen molar-refractivity contribution in [2.24, 2.45) is 5.73 Å². The summed E-state index contributed by atoms with van der Waals surface area (Å²) in [6.07, 6.45) is 59.4. The van der Waals surface area contributed by atoms with Crippen molar-refractivity contribution in [2.75, 3.05) is 13.2 Å². The van der Waals surface area contributed by atoms with E-state index in [1.165, 1.54) is 257 Å². The molecule has 0 bridgehead atoms. The summed E-state index contributed by atoms with van der Waals surface area (Å²) in [6.45, 7) is 1.15. The molecule has 0 radical (unpaired) electrons. The Morgan fingerprint density at radius 3 is 0.500 bits per heavy atom. The molecule has 0 heterocycles. The molecule has 0 aromatic rings. The van der Waals surface area contributed by atoms with Gasteiger partial charge in [0.1, 0.15) is 0 Å². The average molecular weight is 1000 g/mol. The first-order chi connectivity index (χ1) is 33.9. The fraction of sp³-hybridized carbons (Fsp3) is 1.00. The van der Waals surface area contributed by atoms with Crippen LogP contribution in [0.25, 0.3) is 0 Å². The first-order valence-corrected chi connectivity index (χ1v) is 26.2. The lowest BCUT2D eigenvalue weighted by Crippen LogP contribution is -2.05. The standard InChI is InChI=1S/C45H93NO22/c46-44-42-40-38-36-34-32-30-28-26-24-22-20-18-16-14-12-10-8-6-4-2-1-3-5-7-9-11-13-15-17-19-21-23-25-27-29-31-33-35-37-39-41-43-45-48-50-52-54-56-58-60-62-64-66-68-67-65-63-61-59-57-55-53-51-49-47/h47H,1-46H2. The van der Waals surface area contributed by atoms with E-state index >= 15 is 0 Å². The SMILES string of the molecule is NCCCCCCCCCCCCCCCCCCCCCCCCCCCCCCCCCCCCCCCCCCCCCOOOOOOOOOOOOOOOOOOOOOO. The van der Waals surface area contributed by atoms with E-state index in [1.54, 1.807) is 0 Å². The zero-order chi connectivity index (χ0) is 48.7. The molecule has 3 N–H and O–H groups in total. The summed E-state index contributed by atoms with van der Waals surface area (Å²) in [5.41, 5.74) is 5.56. The van der Waals surface area contributed by atoms with E-state index < -0.39 is 0 Å². The van der Waals surface area contributed by atoms with Gasteiger partial charge in [-0.1, -0.05) is 263 Å². The van der Waals surface area contributed by atoms with Crippen LogP contribution in [-0.2, 0) is 106 Å². The van der Waals surface area contributed by atoms with Crippen LogP contribution in [0.1, 0.15) is 276 Å². The van der Waals surface area contributed by atoms with Crippen molar-refractivity contribution in [3.63, 3.8) is 0 Å². The minimum Gasteiger partial charge on any atom is -0.330 e. The molecular weight excluding hydrogens is 906 g/mol. The van der Waals surface area contributed by atoms with Crippen molar-refractivity contribution in [2.45, 2.75) is 276 Å². The maximum atomic E-state index is 7.63. The predicted octanol–water partition coefficient (Wildman–Crippen LogP) is 14.8. The van der Waals surface area contributed by atoms with Gasteiger partial charge in [-0.2, -0.15) is 0 Å². The zero-order valence-electron chi connectivity index (χ0n) is 41.4. The number of unbranched alkanes of at least 4 members (excludes halogenated alkanes) is 42. The van der Waals surface area contributed by atoms with Gasteiger partial charge in [-0.3, -0.25) is 0 Å². The zero-order valence-corrected chi connectivity index (χ0v) is 41.4. The Balaban J connectivity index is 3.07. The van der Waals surface area contributed by atoms with Gasteiger partial charge in [-0.15, -0.1) is 0 Å². The van der Waals surface area contributed by atoms with Gasteiger partial charge >= 0.3 is 0 Å². The molecule has 0 aromatic carbocycles. The van der Waals surface area contributed by atoms with Crippen LogP contribution in [0.3, 0.4) is 0 Å². The molecule has 410 valence electrons. The van der Waals surface area contributed by atoms with E-state index in [-0.39, 0.29) is 6.61 Å². The summed E-state index contributed by atoms with van der Waals surface area (Å²) in [5.74, 6) is 0. The third-order valence-corrected chi connectivity index (χ3v) is 11.5. The molecule has 23 nitrogen and oxygen atoms in total. The molecule has 0 fully saturated rings. The summed E-state index contributed by atoms with van der Waals surface area (Å²) in [5, 5.41) is 80.2. The molecule has 0 saturated heterocycles. The number of hydrogen-bond donors (Lipinski definition) is 2. The Bertz CT molecular complexity index is 801. The van der Waals surface area contributed by atoms with E-state index in [2.05, 4.69) is 101 Å². The number of nitrogens with two attached hydrogens (primary N) is 1. The Hall–Kier alpha value is -0.920. The van der Waals surface area contributed by atoms with Crippen LogP contribution < -0.4 is 5.73 Å². The van der Waals surface area contributed by atoms with E-state index in [0.29, 0.717) is 0 Å². The second-order valence-corrected chi connectivity index (χ2v) is 17.2. The van der Waals surface area contributed by atoms with Gasteiger partial charge in [0, 0.05) is 20.2 Å². The quantitative estimate of drug-likeness (QED) is 0.0327. The van der Waals surface area contributed by atoms with Crippen LogP contribution in [-0.4, -0.2) is 18.4 Å². The molecule has 0 saturated carbocycles. The highest BCUT2D eigenvalue weighted by Crippen LogP contribution is 2.18. The maximum absolute atomic E-state index is 7.63. The Morgan fingerprint density at radius 2 is 0.324 bits per heavy atom. The van der Waals surface area contributed by atoms with Crippen molar-refractivity contribution < 1.29 is 111 Å². The number of rotatable bonds is 65. The second-order valence-electron chi connectivity index (χ2n) is 17.2. The Labute approximate surface area is 405 Å². The van der Waals surface area contributed by atoms with Gasteiger partial charge in [0.2, 0.25) is 0 Å². The lowest BCUT2D eigenvalue weighted by atomic mass is 10.0. The van der Waals surface area contributed by atoms with Crippen LogP contribution in [0.4, 0.5) is 0 Å². The summed E-state index contributed by atoms with van der Waals surface area (Å²) >= 11 is 0. The summed E-state index contributed by atoms with van der Waals surface area (Å²) in [4.78, 5) is 4.74.